The van der Waals surface area contributed by atoms with Gasteiger partial charge in [-0.05, 0) is 49.8 Å². The van der Waals surface area contributed by atoms with Gasteiger partial charge in [-0.1, -0.05) is 19.1 Å². The smallest absolute Gasteiger partial charge is 0.341 e. The number of likely N-dealkylation sites (tertiary alicyclic amines) is 1. The molecule has 2 N–H and O–H groups in total. The number of nitrogens with zero attached hydrogens (tertiary/aromatic N) is 1. The quantitative estimate of drug-likeness (QED) is 0.687. The molecule has 0 aliphatic carbocycles. The van der Waals surface area contributed by atoms with Crippen molar-refractivity contribution in [3.8, 4) is 5.75 Å². The number of carbonyl (C=O) groups excluding carboxylic acids is 2. The maximum absolute atomic E-state index is 12.5. The second-order valence-electron chi connectivity index (χ2n) is 6.72. The zero-order valence-corrected chi connectivity index (χ0v) is 15.8. The van der Waals surface area contributed by atoms with Gasteiger partial charge in [-0.3, -0.25) is 9.59 Å². The van der Waals surface area contributed by atoms with E-state index >= 15 is 0 Å². The van der Waals surface area contributed by atoms with E-state index in [1.165, 1.54) is 0 Å². The number of benzene rings is 1. The molecule has 1 heterocycles. The molecular formula is C20H28N2O5. The summed E-state index contributed by atoms with van der Waals surface area (Å²) in [6.07, 6.45) is 4.56. The van der Waals surface area contributed by atoms with E-state index in [9.17, 15) is 14.4 Å². The summed E-state index contributed by atoms with van der Waals surface area (Å²) in [5, 5.41) is 11.5. The van der Waals surface area contributed by atoms with Crippen molar-refractivity contribution in [2.75, 3.05) is 19.7 Å². The minimum absolute atomic E-state index is 0.0642. The van der Waals surface area contributed by atoms with Gasteiger partial charge in [0.15, 0.2) is 6.61 Å². The molecular weight excluding hydrogens is 348 g/mol. The van der Waals surface area contributed by atoms with Crippen LogP contribution >= 0.6 is 0 Å². The summed E-state index contributed by atoms with van der Waals surface area (Å²) >= 11 is 0. The van der Waals surface area contributed by atoms with E-state index in [0.29, 0.717) is 31.7 Å². The molecule has 0 aromatic heterocycles. The number of carboxylic acids is 1. The van der Waals surface area contributed by atoms with E-state index in [1.807, 2.05) is 19.1 Å². The highest BCUT2D eigenvalue weighted by Crippen LogP contribution is 2.19. The molecule has 7 heteroatoms. The van der Waals surface area contributed by atoms with Gasteiger partial charge in [0, 0.05) is 19.5 Å². The summed E-state index contributed by atoms with van der Waals surface area (Å²) in [6, 6.07) is 6.77. The van der Waals surface area contributed by atoms with Crippen molar-refractivity contribution in [3.05, 3.63) is 29.8 Å². The number of hydrogen-bond acceptors (Lipinski definition) is 4. The number of nitrogens with one attached hydrogen (secondary N) is 1. The van der Waals surface area contributed by atoms with Crippen molar-refractivity contribution in [1.29, 1.82) is 0 Å². The first-order valence-corrected chi connectivity index (χ1v) is 9.52. The Balaban J connectivity index is 1.80. The zero-order chi connectivity index (χ0) is 19.6. The van der Waals surface area contributed by atoms with E-state index in [-0.39, 0.29) is 24.5 Å². The van der Waals surface area contributed by atoms with Gasteiger partial charge in [0.25, 0.3) is 0 Å². The molecule has 1 atom stereocenters. The Kier molecular flexibility index (Phi) is 8.10. The molecule has 0 saturated carbocycles. The number of amides is 2. The molecule has 1 saturated heterocycles. The predicted molar refractivity (Wildman–Crippen MR) is 101 cm³/mol. The topological polar surface area (TPSA) is 95.9 Å². The van der Waals surface area contributed by atoms with E-state index in [0.717, 1.165) is 31.2 Å². The average Bonchev–Trinajstić information content (AvgIpc) is 2.67. The van der Waals surface area contributed by atoms with Crippen LogP contribution in [0.3, 0.4) is 0 Å². The lowest BCUT2D eigenvalue weighted by Crippen LogP contribution is -2.52. The first kappa shape index (κ1) is 20.7. The van der Waals surface area contributed by atoms with Crippen LogP contribution in [0.15, 0.2) is 24.3 Å². The van der Waals surface area contributed by atoms with E-state index in [2.05, 4.69) is 5.32 Å². The van der Waals surface area contributed by atoms with Crippen LogP contribution in [0.4, 0.5) is 0 Å². The van der Waals surface area contributed by atoms with Crippen LogP contribution in [0.2, 0.25) is 0 Å². The number of piperidine rings is 1. The van der Waals surface area contributed by atoms with Crippen LogP contribution in [0.25, 0.3) is 0 Å². The highest BCUT2D eigenvalue weighted by atomic mass is 16.5. The minimum Gasteiger partial charge on any atom is -0.482 e. The molecule has 2 amide bonds. The van der Waals surface area contributed by atoms with Gasteiger partial charge in [0.1, 0.15) is 11.8 Å². The summed E-state index contributed by atoms with van der Waals surface area (Å²) in [5.41, 5.74) is 1.01. The Hall–Kier alpha value is -2.57. The fourth-order valence-corrected chi connectivity index (χ4v) is 3.21. The zero-order valence-electron chi connectivity index (χ0n) is 15.8. The Labute approximate surface area is 159 Å². The van der Waals surface area contributed by atoms with Gasteiger partial charge < -0.3 is 20.1 Å². The largest absolute Gasteiger partial charge is 0.482 e. The number of aliphatic carboxylic acids is 1. The third-order valence-corrected chi connectivity index (χ3v) is 4.59. The lowest BCUT2D eigenvalue weighted by molar-refractivity contribution is -0.142. The van der Waals surface area contributed by atoms with Crippen LogP contribution in [-0.4, -0.2) is 53.5 Å². The molecule has 1 aliphatic rings. The van der Waals surface area contributed by atoms with E-state index in [1.54, 1.807) is 17.0 Å². The molecule has 148 valence electrons. The third-order valence-electron chi connectivity index (χ3n) is 4.59. The van der Waals surface area contributed by atoms with Gasteiger partial charge in [-0.2, -0.15) is 0 Å². The molecule has 27 heavy (non-hydrogen) atoms. The molecule has 1 unspecified atom stereocenters. The SMILES string of the molecule is CCCC(=O)N1CCCCC1C(=O)NCCc1ccc(OCC(=O)O)cc1. The summed E-state index contributed by atoms with van der Waals surface area (Å²) in [6.45, 7) is 2.74. The number of ether oxygens (including phenoxy) is 1. The van der Waals surface area contributed by atoms with Crippen molar-refractivity contribution >= 4 is 17.8 Å². The number of carbonyl (C=O) groups is 3. The number of hydrogen-bond donors (Lipinski definition) is 2. The summed E-state index contributed by atoms with van der Waals surface area (Å²) in [7, 11) is 0. The summed E-state index contributed by atoms with van der Waals surface area (Å²) in [4.78, 5) is 37.0. The first-order valence-electron chi connectivity index (χ1n) is 9.52. The maximum Gasteiger partial charge on any atom is 0.341 e. The monoisotopic (exact) mass is 376 g/mol. The molecule has 1 fully saturated rings. The van der Waals surface area contributed by atoms with Crippen molar-refractivity contribution < 1.29 is 24.2 Å². The van der Waals surface area contributed by atoms with Crippen LogP contribution < -0.4 is 10.1 Å². The second-order valence-corrected chi connectivity index (χ2v) is 6.72. The first-order chi connectivity index (χ1) is 13.0. The normalized spacial score (nSPS) is 16.6. The standard InChI is InChI=1S/C20H28N2O5/c1-2-5-18(23)22-13-4-3-6-17(22)20(26)21-12-11-15-7-9-16(10-8-15)27-14-19(24)25/h7-10,17H,2-6,11-14H2,1H3,(H,21,26)(H,24,25). The van der Waals surface area contributed by atoms with Crippen molar-refractivity contribution in [3.63, 3.8) is 0 Å². The maximum atomic E-state index is 12.5. The summed E-state index contributed by atoms with van der Waals surface area (Å²) in [5.74, 6) is -0.539. The molecule has 1 aromatic carbocycles. The molecule has 0 radical (unpaired) electrons. The Morgan fingerprint density at radius 2 is 1.96 bits per heavy atom. The van der Waals surface area contributed by atoms with Crippen LogP contribution in [-0.2, 0) is 20.8 Å². The van der Waals surface area contributed by atoms with E-state index < -0.39 is 5.97 Å². The number of carboxylic acid groups (broad SMARTS) is 1. The Morgan fingerprint density at radius 3 is 2.63 bits per heavy atom. The van der Waals surface area contributed by atoms with Gasteiger partial charge in [-0.15, -0.1) is 0 Å². The Morgan fingerprint density at radius 1 is 1.22 bits per heavy atom. The van der Waals surface area contributed by atoms with Crippen molar-refractivity contribution in [1.82, 2.24) is 10.2 Å². The van der Waals surface area contributed by atoms with E-state index in [4.69, 9.17) is 9.84 Å². The Bertz CT molecular complexity index is 644. The number of rotatable bonds is 9. The third kappa shape index (κ3) is 6.58. The predicted octanol–water partition coefficient (Wildman–Crippen LogP) is 1.99. The second kappa shape index (κ2) is 10.5. The lowest BCUT2D eigenvalue weighted by atomic mass is 10.0. The average molecular weight is 376 g/mol. The molecule has 2 rings (SSSR count). The summed E-state index contributed by atoms with van der Waals surface area (Å²) < 4.78 is 5.09. The molecule has 1 aromatic rings. The van der Waals surface area contributed by atoms with Gasteiger partial charge >= 0.3 is 5.97 Å². The van der Waals surface area contributed by atoms with Crippen LogP contribution in [0.5, 0.6) is 5.75 Å². The van der Waals surface area contributed by atoms with Crippen LogP contribution in [0, 0.1) is 0 Å². The van der Waals surface area contributed by atoms with Crippen molar-refractivity contribution in [2.45, 2.75) is 51.5 Å². The molecule has 0 spiro atoms. The molecule has 7 nitrogen and oxygen atoms in total. The highest BCUT2D eigenvalue weighted by Gasteiger charge is 2.31. The fraction of sp³-hybridized carbons (Fsp3) is 0.550. The van der Waals surface area contributed by atoms with Gasteiger partial charge in [-0.25, -0.2) is 4.79 Å². The molecule has 0 bridgehead atoms. The van der Waals surface area contributed by atoms with Crippen molar-refractivity contribution in [2.24, 2.45) is 0 Å². The molecule has 1 aliphatic heterocycles. The fourth-order valence-electron chi connectivity index (χ4n) is 3.21. The highest BCUT2D eigenvalue weighted by molar-refractivity contribution is 5.87. The lowest BCUT2D eigenvalue weighted by Gasteiger charge is -2.34. The minimum atomic E-state index is -1.02. The van der Waals surface area contributed by atoms with Gasteiger partial charge in [0.2, 0.25) is 11.8 Å². The van der Waals surface area contributed by atoms with Gasteiger partial charge in [0.05, 0.1) is 0 Å². The van der Waals surface area contributed by atoms with Crippen LogP contribution in [0.1, 0.15) is 44.6 Å².